The third-order valence-corrected chi connectivity index (χ3v) is 6.49. The molecule has 0 aliphatic carbocycles. The Morgan fingerprint density at radius 2 is 1.86 bits per heavy atom. The molecule has 0 saturated heterocycles. The second-order valence-corrected chi connectivity index (χ2v) is 8.97. The van der Waals surface area contributed by atoms with E-state index < -0.39 is 10.0 Å². The van der Waals surface area contributed by atoms with Gasteiger partial charge in [0, 0.05) is 16.5 Å². The van der Waals surface area contributed by atoms with Crippen molar-refractivity contribution in [1.82, 2.24) is 9.71 Å². The fraction of sp³-hybridized carbons (Fsp3) is 0.143. The Hall–Kier alpha value is -2.99. The number of amides is 1. The number of terminal acetylenes is 1. The molecule has 3 aromatic rings. The topological polar surface area (TPSA) is 88.2 Å². The molecule has 29 heavy (non-hydrogen) atoms. The van der Waals surface area contributed by atoms with Crippen LogP contribution in [0.25, 0.3) is 11.3 Å². The minimum absolute atomic E-state index is 0.0376. The quantitative estimate of drug-likeness (QED) is 0.591. The summed E-state index contributed by atoms with van der Waals surface area (Å²) in [5.41, 5.74) is 4.47. The van der Waals surface area contributed by atoms with Crippen LogP contribution in [0.2, 0.25) is 0 Å². The molecule has 0 spiro atoms. The van der Waals surface area contributed by atoms with Gasteiger partial charge < -0.3 is 0 Å². The minimum atomic E-state index is -3.69. The van der Waals surface area contributed by atoms with E-state index in [4.69, 9.17) is 6.42 Å². The zero-order chi connectivity index (χ0) is 21.0. The van der Waals surface area contributed by atoms with Crippen molar-refractivity contribution in [3.8, 4) is 23.6 Å². The molecule has 1 heterocycles. The van der Waals surface area contributed by atoms with Gasteiger partial charge in [-0.1, -0.05) is 18.1 Å². The fourth-order valence-corrected chi connectivity index (χ4v) is 4.19. The summed E-state index contributed by atoms with van der Waals surface area (Å²) >= 11 is 1.33. The van der Waals surface area contributed by atoms with E-state index in [2.05, 4.69) is 27.0 Å². The van der Waals surface area contributed by atoms with E-state index in [9.17, 15) is 13.2 Å². The first-order chi connectivity index (χ1) is 13.8. The second-order valence-electron chi connectivity index (χ2n) is 6.34. The molecular formula is C21H19N3O3S2. The monoisotopic (exact) mass is 425 g/mol. The Morgan fingerprint density at radius 3 is 2.52 bits per heavy atom. The predicted octanol–water partition coefficient (Wildman–Crippen LogP) is 3.59. The van der Waals surface area contributed by atoms with E-state index in [0.717, 1.165) is 11.3 Å². The maximum absolute atomic E-state index is 12.5. The Kier molecular flexibility index (Phi) is 6.13. The summed E-state index contributed by atoms with van der Waals surface area (Å²) in [5, 5.41) is 5.09. The van der Waals surface area contributed by atoms with Crippen LogP contribution >= 0.6 is 11.3 Å². The van der Waals surface area contributed by atoms with Crippen molar-refractivity contribution >= 4 is 32.4 Å². The van der Waals surface area contributed by atoms with Crippen LogP contribution in [0.5, 0.6) is 0 Å². The Bertz CT molecular complexity index is 1190. The molecule has 6 nitrogen and oxygen atoms in total. The van der Waals surface area contributed by atoms with E-state index in [-0.39, 0.29) is 17.3 Å². The number of nitrogens with zero attached hydrogens (tertiary/aromatic N) is 1. The van der Waals surface area contributed by atoms with E-state index in [1.807, 2.05) is 31.4 Å². The summed E-state index contributed by atoms with van der Waals surface area (Å²) in [7, 11) is -3.69. The number of carbonyl (C=O) groups is 1. The zero-order valence-corrected chi connectivity index (χ0v) is 17.5. The van der Waals surface area contributed by atoms with Crippen LogP contribution in [-0.2, 0) is 10.0 Å². The number of thiazole rings is 1. The summed E-state index contributed by atoms with van der Waals surface area (Å²) in [5.74, 6) is 1.84. The van der Waals surface area contributed by atoms with Crippen LogP contribution in [0.1, 0.15) is 21.5 Å². The zero-order valence-electron chi connectivity index (χ0n) is 15.9. The maximum Gasteiger partial charge on any atom is 0.257 e. The highest BCUT2D eigenvalue weighted by atomic mass is 32.2. The number of hydrogen-bond donors (Lipinski definition) is 2. The molecule has 0 fully saturated rings. The number of rotatable bonds is 6. The van der Waals surface area contributed by atoms with Gasteiger partial charge >= 0.3 is 0 Å². The molecule has 0 aliphatic rings. The van der Waals surface area contributed by atoms with E-state index in [1.165, 1.54) is 46.7 Å². The van der Waals surface area contributed by atoms with Crippen LogP contribution in [0.3, 0.4) is 0 Å². The molecule has 3 rings (SSSR count). The SMILES string of the molecule is C#CCNS(=O)(=O)c1ccc(C(=O)Nc2nc(-c3ccc(C)c(C)c3)cs2)cc1. The number of nitrogens with one attached hydrogen (secondary N) is 2. The molecular weight excluding hydrogens is 406 g/mol. The number of hydrogen-bond acceptors (Lipinski definition) is 5. The van der Waals surface area contributed by atoms with Crippen LogP contribution in [0, 0.1) is 26.2 Å². The molecule has 0 atom stereocenters. The first-order valence-corrected chi connectivity index (χ1v) is 11.0. The number of carbonyl (C=O) groups excluding carboxylic acids is 1. The number of aryl methyl sites for hydroxylation is 2. The summed E-state index contributed by atoms with van der Waals surface area (Å²) in [4.78, 5) is 17.0. The lowest BCUT2D eigenvalue weighted by Crippen LogP contribution is -2.24. The minimum Gasteiger partial charge on any atom is -0.298 e. The van der Waals surface area contributed by atoms with Gasteiger partial charge in [0.25, 0.3) is 5.91 Å². The Morgan fingerprint density at radius 1 is 1.14 bits per heavy atom. The summed E-state index contributed by atoms with van der Waals surface area (Å²) in [6, 6.07) is 11.7. The largest absolute Gasteiger partial charge is 0.298 e. The normalized spacial score (nSPS) is 11.1. The summed E-state index contributed by atoms with van der Waals surface area (Å²) in [6.45, 7) is 3.99. The van der Waals surface area contributed by atoms with Crippen molar-refractivity contribution in [3.63, 3.8) is 0 Å². The van der Waals surface area contributed by atoms with Crippen LogP contribution < -0.4 is 10.0 Å². The fourth-order valence-electron chi connectivity index (χ4n) is 2.54. The molecule has 0 unspecified atom stereocenters. The molecule has 0 radical (unpaired) electrons. The number of aromatic nitrogens is 1. The average Bonchev–Trinajstić information content (AvgIpc) is 3.17. The lowest BCUT2D eigenvalue weighted by molar-refractivity contribution is 0.102. The van der Waals surface area contributed by atoms with Crippen molar-refractivity contribution in [3.05, 3.63) is 64.5 Å². The molecule has 8 heteroatoms. The van der Waals surface area contributed by atoms with Gasteiger partial charge in [-0.05, 0) is 55.3 Å². The van der Waals surface area contributed by atoms with Gasteiger partial charge in [-0.2, -0.15) is 4.72 Å². The highest BCUT2D eigenvalue weighted by Crippen LogP contribution is 2.26. The van der Waals surface area contributed by atoms with Gasteiger partial charge in [-0.15, -0.1) is 17.8 Å². The highest BCUT2D eigenvalue weighted by Gasteiger charge is 2.15. The predicted molar refractivity (Wildman–Crippen MR) is 115 cm³/mol. The molecule has 148 valence electrons. The second kappa shape index (κ2) is 8.57. The average molecular weight is 426 g/mol. The molecule has 0 aliphatic heterocycles. The van der Waals surface area contributed by atoms with E-state index in [0.29, 0.717) is 10.7 Å². The van der Waals surface area contributed by atoms with Gasteiger partial charge in [0.15, 0.2) is 5.13 Å². The van der Waals surface area contributed by atoms with Crippen molar-refractivity contribution in [2.75, 3.05) is 11.9 Å². The van der Waals surface area contributed by atoms with Gasteiger partial charge in [0.05, 0.1) is 17.1 Å². The summed E-state index contributed by atoms with van der Waals surface area (Å²) in [6.07, 6.45) is 5.07. The Balaban J connectivity index is 1.72. The van der Waals surface area contributed by atoms with Crippen LogP contribution in [-0.4, -0.2) is 25.9 Å². The maximum atomic E-state index is 12.5. The molecule has 2 aromatic carbocycles. The lowest BCUT2D eigenvalue weighted by Gasteiger charge is -2.06. The number of benzene rings is 2. The number of sulfonamides is 1. The van der Waals surface area contributed by atoms with Gasteiger partial charge in [0.2, 0.25) is 10.0 Å². The summed E-state index contributed by atoms with van der Waals surface area (Å²) < 4.78 is 26.3. The van der Waals surface area contributed by atoms with Crippen LogP contribution in [0.4, 0.5) is 5.13 Å². The van der Waals surface area contributed by atoms with Gasteiger partial charge in [-0.25, -0.2) is 13.4 Å². The Labute approximate surface area is 174 Å². The van der Waals surface area contributed by atoms with Crippen LogP contribution in [0.15, 0.2) is 52.7 Å². The first-order valence-electron chi connectivity index (χ1n) is 8.68. The van der Waals surface area contributed by atoms with E-state index in [1.54, 1.807) is 0 Å². The smallest absolute Gasteiger partial charge is 0.257 e. The van der Waals surface area contributed by atoms with Crippen molar-refractivity contribution < 1.29 is 13.2 Å². The molecule has 0 saturated carbocycles. The van der Waals surface area contributed by atoms with Crippen molar-refractivity contribution in [2.45, 2.75) is 18.7 Å². The first kappa shape index (κ1) is 20.7. The van der Waals surface area contributed by atoms with Gasteiger partial charge in [-0.3, -0.25) is 10.1 Å². The van der Waals surface area contributed by atoms with E-state index >= 15 is 0 Å². The lowest BCUT2D eigenvalue weighted by atomic mass is 10.1. The highest BCUT2D eigenvalue weighted by molar-refractivity contribution is 7.89. The third kappa shape index (κ3) is 4.90. The third-order valence-electron chi connectivity index (χ3n) is 4.32. The molecule has 1 aromatic heterocycles. The molecule has 2 N–H and O–H groups in total. The molecule has 0 bridgehead atoms. The molecule has 1 amide bonds. The van der Waals surface area contributed by atoms with Crippen molar-refractivity contribution in [1.29, 1.82) is 0 Å². The van der Waals surface area contributed by atoms with Gasteiger partial charge in [0.1, 0.15) is 0 Å². The van der Waals surface area contributed by atoms with Crippen molar-refractivity contribution in [2.24, 2.45) is 0 Å². The number of anilines is 1. The standard InChI is InChI=1S/C21H19N3O3S2/c1-4-11-22-29(26,27)18-9-7-16(8-10-18)20(25)24-21-23-19(13-28-21)17-6-5-14(2)15(3)12-17/h1,5-10,12-13,22H,11H2,2-3H3,(H,23,24,25).